The van der Waals surface area contributed by atoms with E-state index in [1.165, 1.54) is 0 Å². The molecule has 1 unspecified atom stereocenters. The first kappa shape index (κ1) is 12.3. The van der Waals surface area contributed by atoms with Gasteiger partial charge < -0.3 is 9.47 Å². The molecule has 1 atom stereocenters. The second kappa shape index (κ2) is 3.92. The molecule has 94 valence electrons. The van der Waals surface area contributed by atoms with Crippen molar-refractivity contribution in [1.29, 1.82) is 0 Å². The molecule has 1 amide bonds. The molecule has 2 aliphatic rings. The molecule has 1 heterocycles. The van der Waals surface area contributed by atoms with Gasteiger partial charge in [-0.15, -0.1) is 6.42 Å². The zero-order valence-electron chi connectivity index (χ0n) is 10.7. The third kappa shape index (κ3) is 2.55. The molecule has 0 N–H and O–H groups in total. The van der Waals surface area contributed by atoms with Crippen molar-refractivity contribution in [3.63, 3.8) is 0 Å². The first-order valence-corrected chi connectivity index (χ1v) is 5.95. The summed E-state index contributed by atoms with van der Waals surface area (Å²) >= 11 is 0. The second-order valence-corrected chi connectivity index (χ2v) is 5.78. The number of rotatable bonds is 0. The van der Waals surface area contributed by atoms with Crippen LogP contribution in [0.15, 0.2) is 0 Å². The molecule has 0 aromatic carbocycles. The van der Waals surface area contributed by atoms with Gasteiger partial charge in [-0.25, -0.2) is 4.79 Å². The van der Waals surface area contributed by atoms with E-state index in [-0.39, 0.29) is 17.7 Å². The van der Waals surface area contributed by atoms with Gasteiger partial charge in [0.1, 0.15) is 11.7 Å². The molecule has 1 saturated carbocycles. The van der Waals surface area contributed by atoms with E-state index < -0.39 is 5.60 Å². The molecule has 2 fully saturated rings. The van der Waals surface area contributed by atoms with E-state index >= 15 is 0 Å². The van der Waals surface area contributed by atoms with Gasteiger partial charge in [-0.1, -0.05) is 5.92 Å². The van der Waals surface area contributed by atoms with Crippen LogP contribution in [0.1, 0.15) is 33.6 Å². The summed E-state index contributed by atoms with van der Waals surface area (Å²) in [6.07, 6.45) is 6.71. The maximum Gasteiger partial charge on any atom is 0.410 e. The van der Waals surface area contributed by atoms with E-state index in [0.717, 1.165) is 12.8 Å². The van der Waals surface area contributed by atoms with Gasteiger partial charge in [0.05, 0.1) is 18.7 Å². The molecular formula is C13H19NO3. The van der Waals surface area contributed by atoms with Crippen LogP contribution in [0.3, 0.4) is 0 Å². The Morgan fingerprint density at radius 2 is 2.18 bits per heavy atom. The molecule has 0 radical (unpaired) electrons. The minimum absolute atomic E-state index is 0.143. The summed E-state index contributed by atoms with van der Waals surface area (Å²) in [7, 11) is 0. The summed E-state index contributed by atoms with van der Waals surface area (Å²) in [6.45, 7) is 6.56. The predicted molar refractivity (Wildman–Crippen MR) is 63.5 cm³/mol. The fraction of sp³-hybridized carbons (Fsp3) is 0.769. The molecule has 0 aromatic rings. The van der Waals surface area contributed by atoms with Gasteiger partial charge in [0.15, 0.2) is 0 Å². The van der Waals surface area contributed by atoms with E-state index in [0.29, 0.717) is 13.2 Å². The van der Waals surface area contributed by atoms with Crippen molar-refractivity contribution in [3.05, 3.63) is 0 Å². The highest BCUT2D eigenvalue weighted by molar-refractivity contribution is 5.70. The summed E-state index contributed by atoms with van der Waals surface area (Å²) in [5.41, 5.74) is -0.618. The number of nitrogens with zero attached hydrogens (tertiary/aromatic N) is 1. The Labute approximate surface area is 102 Å². The number of morpholine rings is 1. The molecule has 0 aromatic heterocycles. The lowest BCUT2D eigenvalue weighted by atomic mass is 10.1. The molecule has 1 aliphatic heterocycles. The van der Waals surface area contributed by atoms with Gasteiger partial charge in [0.25, 0.3) is 0 Å². The topological polar surface area (TPSA) is 38.8 Å². The zero-order valence-corrected chi connectivity index (χ0v) is 10.7. The SMILES string of the molecule is C#CC1CN(C(=O)OC(C)(C)C)C2(CC2)CO1. The third-order valence-electron chi connectivity index (χ3n) is 3.10. The summed E-state index contributed by atoms with van der Waals surface area (Å²) in [5, 5.41) is 0. The Morgan fingerprint density at radius 3 is 2.65 bits per heavy atom. The van der Waals surface area contributed by atoms with E-state index in [2.05, 4.69) is 5.92 Å². The number of terminal acetylenes is 1. The summed E-state index contributed by atoms with van der Waals surface area (Å²) in [4.78, 5) is 13.9. The fourth-order valence-electron chi connectivity index (χ4n) is 1.99. The monoisotopic (exact) mass is 237 g/mol. The average molecular weight is 237 g/mol. The van der Waals surface area contributed by atoms with Crippen molar-refractivity contribution < 1.29 is 14.3 Å². The summed E-state index contributed by atoms with van der Waals surface area (Å²) in [5.74, 6) is 2.55. The van der Waals surface area contributed by atoms with Crippen LogP contribution in [0, 0.1) is 12.3 Å². The Bertz CT molecular complexity index is 360. The van der Waals surface area contributed by atoms with Crippen LogP contribution < -0.4 is 0 Å². The Balaban J connectivity index is 2.06. The molecule has 0 bridgehead atoms. The molecule has 2 rings (SSSR count). The minimum Gasteiger partial charge on any atom is -0.444 e. The quantitative estimate of drug-likeness (QED) is 0.603. The number of hydrogen-bond donors (Lipinski definition) is 0. The van der Waals surface area contributed by atoms with Gasteiger partial charge >= 0.3 is 6.09 Å². The van der Waals surface area contributed by atoms with E-state index in [1.807, 2.05) is 20.8 Å². The molecule has 4 nitrogen and oxygen atoms in total. The number of carbonyl (C=O) groups excluding carboxylic acids is 1. The molecule has 1 aliphatic carbocycles. The minimum atomic E-state index is -0.475. The summed E-state index contributed by atoms with van der Waals surface area (Å²) < 4.78 is 10.9. The van der Waals surface area contributed by atoms with Crippen molar-refractivity contribution >= 4 is 6.09 Å². The summed E-state index contributed by atoms with van der Waals surface area (Å²) in [6, 6.07) is 0. The first-order valence-electron chi connectivity index (χ1n) is 5.95. The van der Waals surface area contributed by atoms with Gasteiger partial charge in [0.2, 0.25) is 0 Å². The highest BCUT2D eigenvalue weighted by Gasteiger charge is 2.54. The average Bonchev–Trinajstić information content (AvgIpc) is 2.97. The maximum absolute atomic E-state index is 12.1. The lowest BCUT2D eigenvalue weighted by molar-refractivity contribution is -0.0599. The van der Waals surface area contributed by atoms with Gasteiger partial charge in [-0.3, -0.25) is 4.90 Å². The lowest BCUT2D eigenvalue weighted by Gasteiger charge is -2.39. The second-order valence-electron chi connectivity index (χ2n) is 5.78. The zero-order chi connectivity index (χ0) is 12.7. The van der Waals surface area contributed by atoms with E-state index in [4.69, 9.17) is 15.9 Å². The van der Waals surface area contributed by atoms with Gasteiger partial charge in [-0.05, 0) is 33.6 Å². The standard InChI is InChI=1S/C13H19NO3/c1-5-10-8-14(11(15)17-12(2,3)4)13(6-7-13)9-16-10/h1,10H,6-9H2,2-4H3. The highest BCUT2D eigenvalue weighted by Crippen LogP contribution is 2.45. The highest BCUT2D eigenvalue weighted by atomic mass is 16.6. The number of hydrogen-bond acceptors (Lipinski definition) is 3. The smallest absolute Gasteiger partial charge is 0.410 e. The normalized spacial score (nSPS) is 26.5. The Hall–Kier alpha value is -1.21. The van der Waals surface area contributed by atoms with Crippen molar-refractivity contribution in [2.75, 3.05) is 13.2 Å². The van der Waals surface area contributed by atoms with Crippen molar-refractivity contribution in [3.8, 4) is 12.3 Å². The fourth-order valence-corrected chi connectivity index (χ4v) is 1.99. The van der Waals surface area contributed by atoms with Crippen LogP contribution >= 0.6 is 0 Å². The Morgan fingerprint density at radius 1 is 1.53 bits per heavy atom. The van der Waals surface area contributed by atoms with Crippen LogP contribution in [0.2, 0.25) is 0 Å². The maximum atomic E-state index is 12.1. The number of ether oxygens (including phenoxy) is 2. The van der Waals surface area contributed by atoms with Crippen LogP contribution in [-0.4, -0.2) is 41.4 Å². The van der Waals surface area contributed by atoms with E-state index in [1.54, 1.807) is 4.90 Å². The van der Waals surface area contributed by atoms with Crippen molar-refractivity contribution in [2.45, 2.75) is 50.9 Å². The number of amides is 1. The third-order valence-corrected chi connectivity index (χ3v) is 3.10. The molecular weight excluding hydrogens is 218 g/mol. The van der Waals surface area contributed by atoms with Crippen LogP contribution in [0.5, 0.6) is 0 Å². The molecule has 4 heteroatoms. The largest absolute Gasteiger partial charge is 0.444 e. The van der Waals surface area contributed by atoms with Crippen molar-refractivity contribution in [1.82, 2.24) is 4.90 Å². The van der Waals surface area contributed by atoms with Gasteiger partial charge in [-0.2, -0.15) is 0 Å². The van der Waals surface area contributed by atoms with E-state index in [9.17, 15) is 4.79 Å². The predicted octanol–water partition coefficient (Wildman–Crippen LogP) is 1.79. The van der Waals surface area contributed by atoms with Gasteiger partial charge in [0, 0.05) is 0 Å². The van der Waals surface area contributed by atoms with Crippen LogP contribution in [0.25, 0.3) is 0 Å². The molecule has 1 saturated heterocycles. The lowest BCUT2D eigenvalue weighted by Crippen LogP contribution is -2.54. The molecule has 1 spiro atoms. The van der Waals surface area contributed by atoms with Crippen molar-refractivity contribution in [2.24, 2.45) is 0 Å². The number of carbonyl (C=O) groups is 1. The first-order chi connectivity index (χ1) is 7.86. The Kier molecular flexibility index (Phi) is 2.82. The van der Waals surface area contributed by atoms with Crippen LogP contribution in [-0.2, 0) is 9.47 Å². The molecule has 17 heavy (non-hydrogen) atoms. The van der Waals surface area contributed by atoms with Crippen LogP contribution in [0.4, 0.5) is 4.79 Å².